The predicted molar refractivity (Wildman–Crippen MR) is 176 cm³/mol. The molecule has 3 amide bonds. The Morgan fingerprint density at radius 2 is 1.73 bits per heavy atom. The van der Waals surface area contributed by atoms with Gasteiger partial charge in [0.2, 0.25) is 11.8 Å². The second kappa shape index (κ2) is 16.1. The Morgan fingerprint density at radius 3 is 2.38 bits per heavy atom. The van der Waals surface area contributed by atoms with Crippen LogP contribution in [0, 0.1) is 0 Å². The quantitative estimate of drug-likeness (QED) is 0.227. The van der Waals surface area contributed by atoms with Crippen LogP contribution in [0.2, 0.25) is 0 Å². The number of carbonyl (C=O) groups is 3. The Labute approximate surface area is 268 Å². The minimum Gasteiger partial charge on any atom is -0.493 e. The van der Waals surface area contributed by atoms with Crippen LogP contribution in [0.15, 0.2) is 42.5 Å². The molecule has 45 heavy (non-hydrogen) atoms. The molecule has 1 aliphatic heterocycles. The van der Waals surface area contributed by atoms with Gasteiger partial charge in [-0.25, -0.2) is 0 Å². The van der Waals surface area contributed by atoms with E-state index in [2.05, 4.69) is 26.6 Å². The molecule has 10 nitrogen and oxygen atoms in total. The summed E-state index contributed by atoms with van der Waals surface area (Å²) in [5, 5.41) is 0. The van der Waals surface area contributed by atoms with Crippen molar-refractivity contribution >= 4 is 25.7 Å². The third-order valence-electron chi connectivity index (χ3n) is 8.88. The number of carbonyl (C=O) groups excluding carboxylic acids is 3. The molecule has 1 saturated carbocycles. The monoisotopic (exact) mass is 620 g/mol. The zero-order chi connectivity index (χ0) is 32.5. The van der Waals surface area contributed by atoms with E-state index in [0.29, 0.717) is 54.5 Å². The lowest BCUT2D eigenvalue weighted by atomic mass is 9.91. The van der Waals surface area contributed by atoms with Gasteiger partial charge < -0.3 is 34.6 Å². The van der Waals surface area contributed by atoms with Gasteiger partial charge in [0, 0.05) is 68.5 Å². The maximum Gasteiger partial charge on any atom is 0.254 e. The van der Waals surface area contributed by atoms with Crippen molar-refractivity contribution in [2.45, 2.75) is 83.0 Å². The van der Waals surface area contributed by atoms with Crippen LogP contribution in [0.1, 0.15) is 78.7 Å². The van der Waals surface area contributed by atoms with Crippen LogP contribution in [0.4, 0.5) is 0 Å². The van der Waals surface area contributed by atoms with Gasteiger partial charge in [-0.1, -0.05) is 12.1 Å². The third kappa shape index (κ3) is 9.23. The highest BCUT2D eigenvalue weighted by Crippen LogP contribution is 2.32. The Hall–Kier alpha value is -3.57. The van der Waals surface area contributed by atoms with Crippen molar-refractivity contribution in [3.8, 4) is 11.5 Å². The largest absolute Gasteiger partial charge is 0.493 e. The van der Waals surface area contributed by atoms with Gasteiger partial charge in [-0.3, -0.25) is 14.4 Å². The maximum absolute atomic E-state index is 13.9. The number of methoxy groups -OCH3 is 2. The van der Waals surface area contributed by atoms with E-state index >= 15 is 0 Å². The molecule has 0 bridgehead atoms. The SMILES string of the molecule is BN1C[C@H](N(C(=O)c2ccc(OC)c(OCCCOC)c2)C(C)C)CC[C@@H]1CCN(C(=O)Cc1cccc(C(N)=O)c1)C1CC1. The first-order valence-corrected chi connectivity index (χ1v) is 16.1. The number of benzene rings is 2. The highest BCUT2D eigenvalue weighted by molar-refractivity contribution is 6.04. The fourth-order valence-electron chi connectivity index (χ4n) is 6.34. The van der Waals surface area contributed by atoms with Crippen molar-refractivity contribution < 1.29 is 28.6 Å². The zero-order valence-electron chi connectivity index (χ0n) is 27.5. The van der Waals surface area contributed by atoms with Crippen LogP contribution in [-0.2, 0) is 16.0 Å². The molecule has 0 spiro atoms. The number of amides is 3. The van der Waals surface area contributed by atoms with Crippen molar-refractivity contribution in [3.05, 3.63) is 59.2 Å². The standard InChI is InChI=1S/C34H49BN4O6/c1-23(2)39(34(42)26-9-14-30(44-4)31(21-26)45-18-6-17-43-3)29-13-12-28(38(35)22-29)15-16-37(27-10-11-27)32(40)20-24-7-5-8-25(19-24)33(36)41/h5,7-9,14,19,21,23,27-29H,6,10-13,15-18,20,22,35H2,1-4H3,(H2,36,41)/t28-,29-/m1/s1. The first kappa shape index (κ1) is 34.3. The molecular weight excluding hydrogens is 571 g/mol. The highest BCUT2D eigenvalue weighted by Gasteiger charge is 2.36. The van der Waals surface area contributed by atoms with Crippen molar-refractivity contribution in [2.75, 3.05) is 40.5 Å². The maximum atomic E-state index is 13.9. The van der Waals surface area contributed by atoms with E-state index in [0.717, 1.165) is 50.6 Å². The van der Waals surface area contributed by atoms with Gasteiger partial charge in [-0.2, -0.15) is 0 Å². The summed E-state index contributed by atoms with van der Waals surface area (Å²) in [5.41, 5.74) is 7.24. The van der Waals surface area contributed by atoms with E-state index in [1.54, 1.807) is 44.6 Å². The van der Waals surface area contributed by atoms with Gasteiger partial charge in [0.25, 0.3) is 5.91 Å². The lowest BCUT2D eigenvalue weighted by Gasteiger charge is -2.44. The number of ether oxygens (including phenoxy) is 3. The molecule has 4 rings (SSSR count). The average Bonchev–Trinajstić information content (AvgIpc) is 3.85. The number of hydrogen-bond donors (Lipinski definition) is 1. The summed E-state index contributed by atoms with van der Waals surface area (Å²) in [4.78, 5) is 45.2. The van der Waals surface area contributed by atoms with E-state index < -0.39 is 5.91 Å². The van der Waals surface area contributed by atoms with Crippen molar-refractivity contribution in [1.82, 2.24) is 14.6 Å². The molecule has 0 aromatic heterocycles. The third-order valence-corrected chi connectivity index (χ3v) is 8.88. The Morgan fingerprint density at radius 1 is 0.978 bits per heavy atom. The smallest absolute Gasteiger partial charge is 0.254 e. The van der Waals surface area contributed by atoms with Crippen molar-refractivity contribution in [2.24, 2.45) is 5.73 Å². The summed E-state index contributed by atoms with van der Waals surface area (Å²) in [6.45, 7) is 6.66. The summed E-state index contributed by atoms with van der Waals surface area (Å²) in [5.74, 6) is 0.736. The lowest BCUT2D eigenvalue weighted by Crippen LogP contribution is -2.55. The summed E-state index contributed by atoms with van der Waals surface area (Å²) >= 11 is 0. The molecule has 0 radical (unpaired) electrons. The predicted octanol–water partition coefficient (Wildman–Crippen LogP) is 3.06. The first-order valence-electron chi connectivity index (χ1n) is 16.1. The fourth-order valence-corrected chi connectivity index (χ4v) is 6.34. The van der Waals surface area contributed by atoms with E-state index in [-0.39, 0.29) is 30.3 Å². The van der Waals surface area contributed by atoms with E-state index in [4.69, 9.17) is 19.9 Å². The molecular formula is C34H49BN4O6. The lowest BCUT2D eigenvalue weighted by molar-refractivity contribution is -0.131. The fraction of sp³-hybridized carbons (Fsp3) is 0.559. The molecule has 0 unspecified atom stereocenters. The Bertz CT molecular complexity index is 1320. The van der Waals surface area contributed by atoms with Crippen LogP contribution in [0.5, 0.6) is 11.5 Å². The van der Waals surface area contributed by atoms with Gasteiger partial charge in [0.15, 0.2) is 19.5 Å². The molecule has 2 N–H and O–H groups in total. The van der Waals surface area contributed by atoms with Crippen molar-refractivity contribution in [3.63, 3.8) is 0 Å². The topological polar surface area (TPSA) is 115 Å². The van der Waals surface area contributed by atoms with Crippen LogP contribution in [-0.4, -0.2) is 105 Å². The van der Waals surface area contributed by atoms with Crippen molar-refractivity contribution in [1.29, 1.82) is 0 Å². The van der Waals surface area contributed by atoms with Gasteiger partial charge in [-0.15, -0.1) is 0 Å². The molecule has 1 heterocycles. The Kier molecular flexibility index (Phi) is 12.3. The molecule has 1 aliphatic carbocycles. The van der Waals surface area contributed by atoms with E-state index in [9.17, 15) is 14.4 Å². The van der Waals surface area contributed by atoms with Gasteiger partial charge in [0.1, 0.15) is 0 Å². The first-order chi connectivity index (χ1) is 21.6. The number of hydrogen-bond acceptors (Lipinski definition) is 7. The number of rotatable bonds is 16. The molecule has 2 aromatic rings. The minimum absolute atomic E-state index is 0.0165. The summed E-state index contributed by atoms with van der Waals surface area (Å²) in [6, 6.07) is 13.1. The number of nitrogens with two attached hydrogens (primary N) is 1. The number of nitrogens with zero attached hydrogens (tertiary/aromatic N) is 3. The molecule has 2 aliphatic rings. The van der Waals surface area contributed by atoms with Crippen LogP contribution < -0.4 is 15.2 Å². The summed E-state index contributed by atoms with van der Waals surface area (Å²) < 4.78 is 16.5. The van der Waals surface area contributed by atoms with Crippen LogP contribution in [0.25, 0.3) is 0 Å². The van der Waals surface area contributed by atoms with Gasteiger partial charge in [0.05, 0.1) is 20.1 Å². The molecule has 11 heteroatoms. The zero-order valence-corrected chi connectivity index (χ0v) is 27.5. The summed E-state index contributed by atoms with van der Waals surface area (Å²) in [6.07, 6.45) is 5.79. The number of primary amides is 1. The molecule has 2 fully saturated rings. The molecule has 2 aromatic carbocycles. The summed E-state index contributed by atoms with van der Waals surface area (Å²) in [7, 11) is 5.38. The van der Waals surface area contributed by atoms with Crippen LogP contribution in [0.3, 0.4) is 0 Å². The molecule has 244 valence electrons. The Balaban J connectivity index is 1.36. The second-order valence-corrected chi connectivity index (χ2v) is 12.5. The normalized spacial score (nSPS) is 18.4. The van der Waals surface area contributed by atoms with Gasteiger partial charge >= 0.3 is 0 Å². The molecule has 1 saturated heterocycles. The second-order valence-electron chi connectivity index (χ2n) is 12.5. The minimum atomic E-state index is -0.490. The molecule has 2 atom stereocenters. The highest BCUT2D eigenvalue weighted by atomic mass is 16.5. The average molecular weight is 621 g/mol. The van der Waals surface area contributed by atoms with E-state index in [1.165, 1.54) is 0 Å². The number of piperidine rings is 1. The van der Waals surface area contributed by atoms with E-state index in [1.807, 2.05) is 21.9 Å². The van der Waals surface area contributed by atoms with Gasteiger partial charge in [-0.05, 0) is 81.8 Å². The van der Waals surface area contributed by atoms with Crippen LogP contribution >= 0.6 is 0 Å².